The number of anilines is 1. The van der Waals surface area contributed by atoms with Gasteiger partial charge in [0.1, 0.15) is 0 Å². The average molecular weight is 230 g/mol. The molecule has 0 spiro atoms. The third kappa shape index (κ3) is 1.66. The average Bonchev–Trinajstić information content (AvgIpc) is 2.36. The van der Waals surface area contributed by atoms with Crippen molar-refractivity contribution in [2.24, 2.45) is 11.7 Å². The van der Waals surface area contributed by atoms with Crippen LogP contribution in [-0.4, -0.2) is 13.1 Å². The third-order valence-electron chi connectivity index (χ3n) is 4.66. The van der Waals surface area contributed by atoms with Crippen LogP contribution in [0.5, 0.6) is 0 Å². The van der Waals surface area contributed by atoms with Crippen LogP contribution in [0, 0.1) is 12.8 Å². The Bertz CT molecular complexity index is 427. The van der Waals surface area contributed by atoms with E-state index in [-0.39, 0.29) is 6.04 Å². The Kier molecular flexibility index (Phi) is 2.62. The summed E-state index contributed by atoms with van der Waals surface area (Å²) in [5.74, 6) is 0.656. The number of nitrogens with two attached hydrogens (primary N) is 1. The summed E-state index contributed by atoms with van der Waals surface area (Å²) < 4.78 is 0. The van der Waals surface area contributed by atoms with E-state index < -0.39 is 0 Å². The SMILES string of the molecule is Cc1ccc2c(c1)C(N)C1CCCCC1N2C. The number of benzene rings is 1. The second-order valence-electron chi connectivity index (χ2n) is 5.71. The van der Waals surface area contributed by atoms with E-state index in [1.807, 2.05) is 0 Å². The molecule has 92 valence electrons. The molecule has 1 saturated carbocycles. The van der Waals surface area contributed by atoms with Crippen molar-refractivity contribution in [1.29, 1.82) is 0 Å². The molecule has 0 aromatic heterocycles. The summed E-state index contributed by atoms with van der Waals surface area (Å²) in [6.07, 6.45) is 5.31. The molecular formula is C15H22N2. The van der Waals surface area contributed by atoms with Crippen LogP contribution < -0.4 is 10.6 Å². The molecule has 0 bridgehead atoms. The Morgan fingerprint density at radius 1 is 1.24 bits per heavy atom. The van der Waals surface area contributed by atoms with E-state index in [0.717, 1.165) is 0 Å². The number of aryl methyl sites for hydroxylation is 1. The van der Waals surface area contributed by atoms with Crippen molar-refractivity contribution in [3.8, 4) is 0 Å². The smallest absolute Gasteiger partial charge is 0.0414 e. The fourth-order valence-corrected chi connectivity index (χ4v) is 3.71. The summed E-state index contributed by atoms with van der Waals surface area (Å²) in [5.41, 5.74) is 10.5. The minimum Gasteiger partial charge on any atom is -0.371 e. The molecule has 1 aliphatic carbocycles. The van der Waals surface area contributed by atoms with Gasteiger partial charge in [-0.3, -0.25) is 0 Å². The van der Waals surface area contributed by atoms with Crippen LogP contribution in [0.1, 0.15) is 42.9 Å². The summed E-state index contributed by atoms with van der Waals surface area (Å²) >= 11 is 0. The Balaban J connectivity index is 2.07. The van der Waals surface area contributed by atoms with Crippen LogP contribution in [0.25, 0.3) is 0 Å². The van der Waals surface area contributed by atoms with Gasteiger partial charge in [0.2, 0.25) is 0 Å². The van der Waals surface area contributed by atoms with Crippen molar-refractivity contribution in [2.75, 3.05) is 11.9 Å². The van der Waals surface area contributed by atoms with E-state index in [1.165, 1.54) is 42.5 Å². The molecule has 1 heterocycles. The summed E-state index contributed by atoms with van der Waals surface area (Å²) in [7, 11) is 2.24. The number of nitrogens with zero attached hydrogens (tertiary/aromatic N) is 1. The van der Waals surface area contributed by atoms with Crippen molar-refractivity contribution in [2.45, 2.75) is 44.7 Å². The van der Waals surface area contributed by atoms with Crippen LogP contribution in [0.4, 0.5) is 5.69 Å². The van der Waals surface area contributed by atoms with Gasteiger partial charge in [-0.2, -0.15) is 0 Å². The quantitative estimate of drug-likeness (QED) is 0.742. The van der Waals surface area contributed by atoms with Gasteiger partial charge >= 0.3 is 0 Å². The second kappa shape index (κ2) is 4.02. The van der Waals surface area contributed by atoms with Crippen molar-refractivity contribution >= 4 is 5.69 Å². The van der Waals surface area contributed by atoms with Crippen LogP contribution >= 0.6 is 0 Å². The molecule has 2 nitrogen and oxygen atoms in total. The highest BCUT2D eigenvalue weighted by molar-refractivity contribution is 5.59. The highest BCUT2D eigenvalue weighted by Crippen LogP contribution is 2.44. The molecule has 3 rings (SSSR count). The van der Waals surface area contributed by atoms with Gasteiger partial charge < -0.3 is 10.6 Å². The molecule has 0 saturated heterocycles. The first-order chi connectivity index (χ1) is 8.18. The minimum absolute atomic E-state index is 0.242. The first-order valence-electron chi connectivity index (χ1n) is 6.77. The maximum atomic E-state index is 6.51. The van der Waals surface area contributed by atoms with Crippen molar-refractivity contribution in [3.05, 3.63) is 29.3 Å². The number of hydrogen-bond donors (Lipinski definition) is 1. The highest BCUT2D eigenvalue weighted by atomic mass is 15.2. The Morgan fingerprint density at radius 2 is 2.00 bits per heavy atom. The number of fused-ring (bicyclic) bond motifs is 2. The van der Waals surface area contributed by atoms with Gasteiger partial charge in [-0.1, -0.05) is 30.5 Å². The van der Waals surface area contributed by atoms with Gasteiger partial charge in [-0.15, -0.1) is 0 Å². The number of hydrogen-bond acceptors (Lipinski definition) is 2. The third-order valence-corrected chi connectivity index (χ3v) is 4.66. The lowest BCUT2D eigenvalue weighted by atomic mass is 9.74. The van der Waals surface area contributed by atoms with Crippen molar-refractivity contribution in [3.63, 3.8) is 0 Å². The Hall–Kier alpha value is -1.02. The summed E-state index contributed by atoms with van der Waals surface area (Å²) in [6.45, 7) is 2.15. The molecule has 3 unspecified atom stereocenters. The van der Waals surface area contributed by atoms with Gasteiger partial charge in [-0.05, 0) is 37.3 Å². The normalized spacial score (nSPS) is 31.9. The lowest BCUT2D eigenvalue weighted by Gasteiger charge is -2.47. The highest BCUT2D eigenvalue weighted by Gasteiger charge is 2.38. The van der Waals surface area contributed by atoms with E-state index in [9.17, 15) is 0 Å². The number of rotatable bonds is 0. The molecule has 1 aromatic carbocycles. The molecule has 1 fully saturated rings. The maximum Gasteiger partial charge on any atom is 0.0414 e. The monoisotopic (exact) mass is 230 g/mol. The molecule has 1 aromatic rings. The first-order valence-corrected chi connectivity index (χ1v) is 6.77. The topological polar surface area (TPSA) is 29.3 Å². The fourth-order valence-electron chi connectivity index (χ4n) is 3.71. The predicted molar refractivity (Wildman–Crippen MR) is 72.3 cm³/mol. The van der Waals surface area contributed by atoms with Crippen molar-refractivity contribution in [1.82, 2.24) is 0 Å². The van der Waals surface area contributed by atoms with Crippen molar-refractivity contribution < 1.29 is 0 Å². The first kappa shape index (κ1) is 11.1. The molecule has 2 N–H and O–H groups in total. The summed E-state index contributed by atoms with van der Waals surface area (Å²) in [4.78, 5) is 2.47. The minimum atomic E-state index is 0.242. The zero-order valence-corrected chi connectivity index (χ0v) is 10.8. The standard InChI is InChI=1S/C15H22N2/c1-10-7-8-14-12(9-10)15(16)11-5-3-4-6-13(11)17(14)2/h7-9,11,13,15H,3-6,16H2,1-2H3. The summed E-state index contributed by atoms with van der Waals surface area (Å²) in [6, 6.07) is 7.63. The molecule has 1 aliphatic heterocycles. The van der Waals surface area contributed by atoms with E-state index in [1.54, 1.807) is 0 Å². The van der Waals surface area contributed by atoms with Crippen LogP contribution in [0.15, 0.2) is 18.2 Å². The van der Waals surface area contributed by atoms with E-state index in [2.05, 4.69) is 37.1 Å². The molecule has 2 heteroatoms. The zero-order chi connectivity index (χ0) is 12.0. The van der Waals surface area contributed by atoms with E-state index >= 15 is 0 Å². The maximum absolute atomic E-state index is 6.51. The van der Waals surface area contributed by atoms with Gasteiger partial charge in [0, 0.05) is 24.8 Å². The summed E-state index contributed by atoms with van der Waals surface area (Å²) in [5, 5.41) is 0. The van der Waals surface area contributed by atoms with Gasteiger partial charge in [0.25, 0.3) is 0 Å². The molecule has 3 atom stereocenters. The second-order valence-corrected chi connectivity index (χ2v) is 5.71. The Morgan fingerprint density at radius 3 is 2.82 bits per heavy atom. The largest absolute Gasteiger partial charge is 0.371 e. The van der Waals surface area contributed by atoms with E-state index in [0.29, 0.717) is 12.0 Å². The fraction of sp³-hybridized carbons (Fsp3) is 0.600. The molecule has 0 amide bonds. The van der Waals surface area contributed by atoms with Crippen LogP contribution in [-0.2, 0) is 0 Å². The molecular weight excluding hydrogens is 208 g/mol. The predicted octanol–water partition coefficient (Wildman–Crippen LogP) is 3.00. The molecule has 17 heavy (non-hydrogen) atoms. The van der Waals surface area contributed by atoms with Crippen LogP contribution in [0.2, 0.25) is 0 Å². The molecule has 2 aliphatic rings. The van der Waals surface area contributed by atoms with Gasteiger partial charge in [0.15, 0.2) is 0 Å². The van der Waals surface area contributed by atoms with Crippen LogP contribution in [0.3, 0.4) is 0 Å². The Labute approximate surface area is 104 Å². The van der Waals surface area contributed by atoms with Gasteiger partial charge in [0.05, 0.1) is 0 Å². The molecule has 0 radical (unpaired) electrons. The zero-order valence-electron chi connectivity index (χ0n) is 10.8. The lowest BCUT2D eigenvalue weighted by Crippen LogP contribution is -2.48. The lowest BCUT2D eigenvalue weighted by molar-refractivity contribution is 0.246. The van der Waals surface area contributed by atoms with Gasteiger partial charge in [-0.25, -0.2) is 0 Å². The van der Waals surface area contributed by atoms with E-state index in [4.69, 9.17) is 5.73 Å².